The zero-order valence-corrected chi connectivity index (χ0v) is 24.3. The molecule has 2 fully saturated rings. The number of anilines is 1. The quantitative estimate of drug-likeness (QED) is 0.235. The fourth-order valence-electron chi connectivity index (χ4n) is 5.75. The summed E-state index contributed by atoms with van der Waals surface area (Å²) in [7, 11) is 2.00. The lowest BCUT2D eigenvalue weighted by Crippen LogP contribution is -2.50. The molecule has 0 unspecified atom stereocenters. The first-order valence-corrected chi connectivity index (χ1v) is 14.8. The number of nitrogens with zero attached hydrogens (tertiary/aromatic N) is 5. The number of hydrogen-bond donors (Lipinski definition) is 0. The standard InChI is InChI=1S/C34H35N5O4/c1-37-32-27(13-8-14-29(32)38-17-19-39(20-18-38)34-40-21-22-41-34)31(36-37)28-15-16-30(42-23-25-9-4-2-5-10-25)35-33(28)43-24-26-11-6-3-7-12-26/h2-16,34H,17-24H2,1H3. The average molecular weight is 578 g/mol. The van der Waals surface area contributed by atoms with Gasteiger partial charge in [-0.25, -0.2) is 0 Å². The van der Waals surface area contributed by atoms with Gasteiger partial charge in [0, 0.05) is 44.7 Å². The first-order chi connectivity index (χ1) is 21.2. The van der Waals surface area contributed by atoms with Crippen molar-refractivity contribution >= 4 is 16.6 Å². The van der Waals surface area contributed by atoms with Gasteiger partial charge in [-0.3, -0.25) is 9.58 Å². The van der Waals surface area contributed by atoms with Gasteiger partial charge in [-0.2, -0.15) is 10.1 Å². The highest BCUT2D eigenvalue weighted by Crippen LogP contribution is 2.38. The molecule has 3 aromatic carbocycles. The molecule has 7 rings (SSSR count). The second-order valence-electron chi connectivity index (χ2n) is 10.8. The van der Waals surface area contributed by atoms with Crippen LogP contribution >= 0.6 is 0 Å². The zero-order valence-electron chi connectivity index (χ0n) is 24.3. The summed E-state index contributed by atoms with van der Waals surface area (Å²) in [6, 6.07) is 30.5. The van der Waals surface area contributed by atoms with Gasteiger partial charge in [0.1, 0.15) is 18.9 Å². The van der Waals surface area contributed by atoms with Crippen molar-refractivity contribution in [2.24, 2.45) is 7.05 Å². The number of para-hydroxylation sites is 1. The summed E-state index contributed by atoms with van der Waals surface area (Å²) in [6.07, 6.45) is -0.220. The monoisotopic (exact) mass is 577 g/mol. The molecular weight excluding hydrogens is 542 g/mol. The number of ether oxygens (including phenoxy) is 4. The van der Waals surface area contributed by atoms with Gasteiger partial charge in [-0.15, -0.1) is 0 Å². The molecule has 220 valence electrons. The van der Waals surface area contributed by atoms with Gasteiger partial charge in [0.2, 0.25) is 18.2 Å². The number of benzene rings is 3. The third-order valence-electron chi connectivity index (χ3n) is 7.94. The molecule has 0 aliphatic carbocycles. The molecule has 0 atom stereocenters. The van der Waals surface area contributed by atoms with E-state index < -0.39 is 0 Å². The van der Waals surface area contributed by atoms with Gasteiger partial charge in [0.05, 0.1) is 30.0 Å². The van der Waals surface area contributed by atoms with E-state index in [4.69, 9.17) is 29.0 Å². The minimum Gasteiger partial charge on any atom is -0.473 e. The minimum atomic E-state index is -0.220. The SMILES string of the molecule is Cn1nc(-c2ccc(OCc3ccccc3)nc2OCc2ccccc2)c2cccc(N3CCN(C4OCCO4)CC3)c21. The Kier molecular flexibility index (Phi) is 7.92. The van der Waals surface area contributed by atoms with E-state index in [9.17, 15) is 0 Å². The molecule has 2 aliphatic heterocycles. The number of hydrogen-bond acceptors (Lipinski definition) is 8. The maximum atomic E-state index is 6.36. The summed E-state index contributed by atoms with van der Waals surface area (Å²) >= 11 is 0. The van der Waals surface area contributed by atoms with Crippen LogP contribution in [0.1, 0.15) is 11.1 Å². The third-order valence-corrected chi connectivity index (χ3v) is 7.94. The number of fused-ring (bicyclic) bond motifs is 1. The molecule has 2 aromatic heterocycles. The number of rotatable bonds is 9. The van der Waals surface area contributed by atoms with Crippen molar-refractivity contribution in [1.29, 1.82) is 0 Å². The Hall–Kier alpha value is -4.44. The molecule has 43 heavy (non-hydrogen) atoms. The van der Waals surface area contributed by atoms with E-state index in [1.165, 1.54) is 0 Å². The predicted octanol–water partition coefficient (Wildman–Crippen LogP) is 5.25. The second kappa shape index (κ2) is 12.4. The molecule has 2 saturated heterocycles. The van der Waals surface area contributed by atoms with Crippen molar-refractivity contribution in [3.05, 3.63) is 102 Å². The Morgan fingerprint density at radius 2 is 1.42 bits per heavy atom. The molecule has 0 amide bonds. The van der Waals surface area contributed by atoms with Gasteiger partial charge in [-0.05, 0) is 23.3 Å². The summed E-state index contributed by atoms with van der Waals surface area (Å²) in [5.41, 5.74) is 6.04. The van der Waals surface area contributed by atoms with E-state index in [2.05, 4.69) is 28.0 Å². The molecule has 0 radical (unpaired) electrons. The molecule has 9 nitrogen and oxygen atoms in total. The van der Waals surface area contributed by atoms with E-state index in [-0.39, 0.29) is 6.41 Å². The number of piperazine rings is 1. The van der Waals surface area contributed by atoms with Crippen LogP contribution in [0.2, 0.25) is 0 Å². The number of aryl methyl sites for hydroxylation is 1. The topological polar surface area (TPSA) is 74.1 Å². The molecule has 4 heterocycles. The van der Waals surface area contributed by atoms with Crippen LogP contribution in [-0.4, -0.2) is 65.5 Å². The maximum Gasteiger partial charge on any atom is 0.226 e. The van der Waals surface area contributed by atoms with Gasteiger partial charge < -0.3 is 23.8 Å². The van der Waals surface area contributed by atoms with Crippen molar-refractivity contribution < 1.29 is 18.9 Å². The molecular formula is C34H35N5O4. The molecule has 9 heteroatoms. The van der Waals surface area contributed by atoms with Crippen molar-refractivity contribution in [3.8, 4) is 23.0 Å². The third kappa shape index (κ3) is 5.92. The Balaban J connectivity index is 1.19. The Bertz CT molecular complexity index is 1660. The molecule has 0 saturated carbocycles. The molecule has 2 aliphatic rings. The van der Waals surface area contributed by atoms with Crippen LogP contribution in [0.25, 0.3) is 22.2 Å². The summed E-state index contributed by atoms with van der Waals surface area (Å²) in [4.78, 5) is 9.51. The zero-order chi connectivity index (χ0) is 29.0. The molecule has 0 bridgehead atoms. The van der Waals surface area contributed by atoms with Crippen LogP contribution in [0.4, 0.5) is 5.69 Å². The Morgan fingerprint density at radius 1 is 0.744 bits per heavy atom. The van der Waals surface area contributed by atoms with Gasteiger partial charge in [0.25, 0.3) is 0 Å². The Labute approximate surface area is 251 Å². The fourth-order valence-corrected chi connectivity index (χ4v) is 5.75. The van der Waals surface area contributed by atoms with Crippen LogP contribution in [0.5, 0.6) is 11.8 Å². The van der Waals surface area contributed by atoms with E-state index in [0.29, 0.717) is 38.2 Å². The van der Waals surface area contributed by atoms with E-state index in [0.717, 1.165) is 65.2 Å². The lowest BCUT2D eigenvalue weighted by atomic mass is 10.1. The predicted molar refractivity (Wildman–Crippen MR) is 165 cm³/mol. The lowest BCUT2D eigenvalue weighted by molar-refractivity contribution is -0.153. The van der Waals surface area contributed by atoms with Crippen LogP contribution < -0.4 is 14.4 Å². The summed E-state index contributed by atoms with van der Waals surface area (Å²) in [5.74, 6) is 0.995. The summed E-state index contributed by atoms with van der Waals surface area (Å²) in [6.45, 7) is 5.63. The first kappa shape index (κ1) is 27.4. The summed E-state index contributed by atoms with van der Waals surface area (Å²) in [5, 5.41) is 6.06. The van der Waals surface area contributed by atoms with Crippen LogP contribution in [0.3, 0.4) is 0 Å². The van der Waals surface area contributed by atoms with Crippen molar-refractivity contribution in [2.75, 3.05) is 44.3 Å². The van der Waals surface area contributed by atoms with Crippen molar-refractivity contribution in [3.63, 3.8) is 0 Å². The largest absolute Gasteiger partial charge is 0.473 e. The minimum absolute atomic E-state index is 0.220. The normalized spacial score (nSPS) is 16.2. The Morgan fingerprint density at radius 3 is 2.12 bits per heavy atom. The lowest BCUT2D eigenvalue weighted by Gasteiger charge is -2.38. The summed E-state index contributed by atoms with van der Waals surface area (Å²) < 4.78 is 25.8. The highest BCUT2D eigenvalue weighted by Gasteiger charge is 2.29. The highest BCUT2D eigenvalue weighted by molar-refractivity contribution is 6.01. The van der Waals surface area contributed by atoms with Crippen LogP contribution in [0.15, 0.2) is 91.0 Å². The molecule has 0 N–H and O–H groups in total. The van der Waals surface area contributed by atoms with Crippen molar-refractivity contribution in [1.82, 2.24) is 19.7 Å². The number of aromatic nitrogens is 3. The van der Waals surface area contributed by atoms with E-state index >= 15 is 0 Å². The number of pyridine rings is 1. The van der Waals surface area contributed by atoms with Gasteiger partial charge >= 0.3 is 0 Å². The smallest absolute Gasteiger partial charge is 0.226 e. The van der Waals surface area contributed by atoms with Gasteiger partial charge in [0.15, 0.2) is 0 Å². The average Bonchev–Trinajstić information content (AvgIpc) is 3.73. The molecule has 0 spiro atoms. The second-order valence-corrected chi connectivity index (χ2v) is 10.8. The van der Waals surface area contributed by atoms with Crippen LogP contribution in [0, 0.1) is 0 Å². The van der Waals surface area contributed by atoms with Crippen molar-refractivity contribution in [2.45, 2.75) is 19.6 Å². The van der Waals surface area contributed by atoms with E-state index in [1.807, 2.05) is 84.5 Å². The maximum absolute atomic E-state index is 6.36. The van der Waals surface area contributed by atoms with Crippen LogP contribution in [-0.2, 0) is 29.7 Å². The fraction of sp³-hybridized carbons (Fsp3) is 0.294. The van der Waals surface area contributed by atoms with E-state index in [1.54, 1.807) is 0 Å². The highest BCUT2D eigenvalue weighted by atomic mass is 16.7. The molecule has 5 aromatic rings. The van der Waals surface area contributed by atoms with Gasteiger partial charge in [-0.1, -0.05) is 72.8 Å². The first-order valence-electron chi connectivity index (χ1n) is 14.8.